The summed E-state index contributed by atoms with van der Waals surface area (Å²) in [5.41, 5.74) is 4.59. The number of hydrogen-bond donors (Lipinski definition) is 5. The summed E-state index contributed by atoms with van der Waals surface area (Å²) in [4.78, 5) is 61.9. The average Bonchev–Trinajstić information content (AvgIpc) is 3.57. The number of allylic oxidation sites excluding steroid dienone is 4. The Morgan fingerprint density at radius 3 is 1.65 bits per heavy atom. The number of nitrogens with two attached hydrogens (primary N) is 1. The van der Waals surface area contributed by atoms with E-state index in [-0.39, 0.29) is 18.7 Å². The topological polar surface area (TPSA) is 265 Å². The standard InChI is InChI=1S/C48H85N3O15P2/c1-3-5-7-9-11-13-15-17-19-21-23-25-27-29-31-33-43(52)61-37-40(64-44(53)34-32-30-28-26-24-22-20-18-16-14-12-10-8-6-4-2)38-62-67(57,58)66-68(59,60)63-39-41-45(54)46(55)47(65-41)51-36-35-42(49)50-48(51)56/h13-16,35-36,40-41,45-47,54-55H,3-12,17-34,37-39H2,1-2H3,(H,57,58)(H,59,60)(H2,49,50,56)/b15-13-,16-14-/t40-,41-,45-,46-,47-/m1/s1. The van der Waals surface area contributed by atoms with Gasteiger partial charge >= 0.3 is 33.3 Å². The third-order valence-corrected chi connectivity index (χ3v) is 14.1. The minimum absolute atomic E-state index is 0.0460. The molecule has 1 aromatic heterocycles. The summed E-state index contributed by atoms with van der Waals surface area (Å²) in [5, 5.41) is 20.9. The van der Waals surface area contributed by atoms with Crippen molar-refractivity contribution in [2.24, 2.45) is 0 Å². The molecule has 18 nitrogen and oxygen atoms in total. The second kappa shape index (κ2) is 37.1. The van der Waals surface area contributed by atoms with Crippen LogP contribution in [0.15, 0.2) is 41.4 Å². The number of nitrogen functional groups attached to an aromatic ring is 1. The van der Waals surface area contributed by atoms with Crippen LogP contribution in [0.5, 0.6) is 0 Å². The molecule has 2 unspecified atom stereocenters. The summed E-state index contributed by atoms with van der Waals surface area (Å²) in [6.45, 7) is 2.13. The average molecular weight is 1010 g/mol. The zero-order chi connectivity index (χ0) is 49.9. The summed E-state index contributed by atoms with van der Waals surface area (Å²) in [6.07, 6.45) is 31.1. The molecule has 7 atom stereocenters. The highest BCUT2D eigenvalue weighted by atomic mass is 31.3. The Balaban J connectivity index is 1.80. The fraction of sp³-hybridized carbons (Fsp3) is 0.792. The molecule has 1 aliphatic rings. The van der Waals surface area contributed by atoms with Gasteiger partial charge in [-0.15, -0.1) is 0 Å². The van der Waals surface area contributed by atoms with Gasteiger partial charge in [-0.05, 0) is 70.3 Å². The van der Waals surface area contributed by atoms with Gasteiger partial charge in [0.1, 0.15) is 30.7 Å². The van der Waals surface area contributed by atoms with Crippen LogP contribution in [0.1, 0.15) is 200 Å². The predicted octanol–water partition coefficient (Wildman–Crippen LogP) is 10.2. The highest BCUT2D eigenvalue weighted by molar-refractivity contribution is 7.61. The summed E-state index contributed by atoms with van der Waals surface area (Å²) < 4.78 is 56.8. The van der Waals surface area contributed by atoms with E-state index in [9.17, 15) is 43.5 Å². The predicted molar refractivity (Wildman–Crippen MR) is 261 cm³/mol. The first kappa shape index (κ1) is 61.4. The smallest absolute Gasteiger partial charge is 0.462 e. The number of aromatic nitrogens is 2. The lowest BCUT2D eigenvalue weighted by atomic mass is 10.1. The number of unbranched alkanes of at least 4 members (excludes halogenated alkanes) is 22. The van der Waals surface area contributed by atoms with Crippen molar-refractivity contribution in [3.8, 4) is 0 Å². The van der Waals surface area contributed by atoms with Gasteiger partial charge in [0.2, 0.25) is 0 Å². The fourth-order valence-electron chi connectivity index (χ4n) is 7.54. The Hall–Kier alpha value is -2.76. The molecule has 392 valence electrons. The van der Waals surface area contributed by atoms with E-state index in [0.717, 1.165) is 101 Å². The van der Waals surface area contributed by atoms with Crippen molar-refractivity contribution >= 4 is 33.4 Å². The Bertz CT molecular complexity index is 1730. The highest BCUT2D eigenvalue weighted by Gasteiger charge is 2.46. The lowest BCUT2D eigenvalue weighted by Crippen LogP contribution is -2.36. The molecule has 1 aromatic rings. The molecule has 1 fully saturated rings. The number of ether oxygens (including phenoxy) is 3. The number of phosphoric ester groups is 2. The van der Waals surface area contributed by atoms with Crippen molar-refractivity contribution in [3.05, 3.63) is 47.1 Å². The molecular formula is C48H85N3O15P2. The van der Waals surface area contributed by atoms with E-state index in [1.165, 1.54) is 70.1 Å². The van der Waals surface area contributed by atoms with Crippen LogP contribution >= 0.6 is 15.6 Å². The van der Waals surface area contributed by atoms with E-state index in [0.29, 0.717) is 12.8 Å². The summed E-state index contributed by atoms with van der Waals surface area (Å²) in [7, 11) is -10.8. The molecule has 0 radical (unpaired) electrons. The van der Waals surface area contributed by atoms with Gasteiger partial charge in [-0.2, -0.15) is 9.29 Å². The van der Waals surface area contributed by atoms with Gasteiger partial charge < -0.3 is 39.9 Å². The zero-order valence-electron chi connectivity index (χ0n) is 40.9. The number of carbonyl (C=O) groups excluding carboxylic acids is 2. The molecular weight excluding hydrogens is 920 g/mol. The van der Waals surface area contributed by atoms with Crippen molar-refractivity contribution in [3.63, 3.8) is 0 Å². The first-order valence-electron chi connectivity index (χ1n) is 25.3. The second-order valence-corrected chi connectivity index (χ2v) is 20.7. The number of nitrogens with zero attached hydrogens (tertiary/aromatic N) is 2. The third-order valence-electron chi connectivity index (χ3n) is 11.5. The number of phosphoric acid groups is 2. The molecule has 0 amide bonds. The molecule has 0 bridgehead atoms. The molecule has 2 heterocycles. The SMILES string of the molecule is CCCCCC/C=C\CCCCCCCCCC(=O)OC[C@H](COP(=O)(O)OP(=O)(O)OC[C@H]1O[C@@H](n2ccc(N)nc2=O)[C@H](O)[C@@H]1O)OC(=O)CCCCCCCCC/C=C\CCCCCC. The maximum atomic E-state index is 12.8. The van der Waals surface area contributed by atoms with Crippen molar-refractivity contribution < 1.29 is 66.3 Å². The van der Waals surface area contributed by atoms with Crippen molar-refractivity contribution in [2.45, 2.75) is 224 Å². The van der Waals surface area contributed by atoms with Crippen LogP contribution < -0.4 is 11.4 Å². The summed E-state index contributed by atoms with van der Waals surface area (Å²) in [5.74, 6) is -1.30. The maximum Gasteiger partial charge on any atom is 0.481 e. The Morgan fingerprint density at radius 2 is 1.15 bits per heavy atom. The molecule has 0 spiro atoms. The molecule has 0 aromatic carbocycles. The number of carbonyl (C=O) groups is 2. The number of rotatable bonds is 42. The first-order chi connectivity index (χ1) is 32.7. The summed E-state index contributed by atoms with van der Waals surface area (Å²) in [6, 6.07) is 1.25. The molecule has 2 rings (SSSR count). The van der Waals surface area contributed by atoms with E-state index in [4.69, 9.17) is 29.0 Å². The summed E-state index contributed by atoms with van der Waals surface area (Å²) >= 11 is 0. The van der Waals surface area contributed by atoms with E-state index < -0.39 is 83.7 Å². The van der Waals surface area contributed by atoms with E-state index >= 15 is 0 Å². The van der Waals surface area contributed by atoms with Gasteiger partial charge in [0.15, 0.2) is 12.3 Å². The Morgan fingerprint density at radius 1 is 0.691 bits per heavy atom. The third kappa shape index (κ3) is 29.4. The van der Waals surface area contributed by atoms with Gasteiger partial charge in [-0.25, -0.2) is 13.9 Å². The number of aliphatic hydroxyl groups excluding tert-OH is 2. The molecule has 6 N–H and O–H groups in total. The number of hydrogen-bond acceptors (Lipinski definition) is 15. The quantitative estimate of drug-likeness (QED) is 0.0176. The maximum absolute atomic E-state index is 12.8. The van der Waals surface area contributed by atoms with Crippen molar-refractivity contribution in [2.75, 3.05) is 25.6 Å². The van der Waals surface area contributed by atoms with Gasteiger partial charge in [0, 0.05) is 19.0 Å². The molecule has 0 saturated carbocycles. The molecule has 0 aliphatic carbocycles. The molecule has 1 saturated heterocycles. The van der Waals surface area contributed by atoms with Crippen molar-refractivity contribution in [1.82, 2.24) is 9.55 Å². The normalized spacial score (nSPS) is 19.6. The first-order valence-corrected chi connectivity index (χ1v) is 28.3. The molecule has 1 aliphatic heterocycles. The molecule has 20 heteroatoms. The van der Waals surface area contributed by atoms with Gasteiger partial charge in [-0.3, -0.25) is 23.2 Å². The lowest BCUT2D eigenvalue weighted by Gasteiger charge is -2.21. The van der Waals surface area contributed by atoms with Crippen LogP contribution in [-0.4, -0.2) is 85.7 Å². The van der Waals surface area contributed by atoms with Crippen LogP contribution in [0.4, 0.5) is 5.82 Å². The second-order valence-electron chi connectivity index (χ2n) is 17.7. The number of anilines is 1. The minimum atomic E-state index is -5.42. The van der Waals surface area contributed by atoms with Crippen LogP contribution in [0.25, 0.3) is 0 Å². The lowest BCUT2D eigenvalue weighted by molar-refractivity contribution is -0.161. The van der Waals surface area contributed by atoms with Crippen LogP contribution in [0, 0.1) is 0 Å². The monoisotopic (exact) mass is 1010 g/mol. The minimum Gasteiger partial charge on any atom is -0.462 e. The van der Waals surface area contributed by atoms with E-state index in [1.807, 2.05) is 0 Å². The highest BCUT2D eigenvalue weighted by Crippen LogP contribution is 2.60. The van der Waals surface area contributed by atoms with Gasteiger partial charge in [-0.1, -0.05) is 141 Å². The van der Waals surface area contributed by atoms with Crippen molar-refractivity contribution in [1.29, 1.82) is 0 Å². The van der Waals surface area contributed by atoms with Gasteiger partial charge in [0.25, 0.3) is 0 Å². The van der Waals surface area contributed by atoms with E-state index in [2.05, 4.69) is 47.4 Å². The van der Waals surface area contributed by atoms with Crippen LogP contribution in [-0.2, 0) is 46.3 Å². The zero-order valence-corrected chi connectivity index (χ0v) is 42.7. The fourth-order valence-corrected chi connectivity index (χ4v) is 9.65. The Kier molecular flexibility index (Phi) is 33.5. The number of aliphatic hydroxyl groups is 2. The van der Waals surface area contributed by atoms with Crippen LogP contribution in [0.3, 0.4) is 0 Å². The van der Waals surface area contributed by atoms with E-state index in [1.54, 1.807) is 0 Å². The van der Waals surface area contributed by atoms with Gasteiger partial charge in [0.05, 0.1) is 13.2 Å². The number of esters is 2. The largest absolute Gasteiger partial charge is 0.481 e. The Labute approximate surface area is 405 Å². The van der Waals surface area contributed by atoms with Crippen LogP contribution in [0.2, 0.25) is 0 Å². The molecule has 68 heavy (non-hydrogen) atoms.